The molecular formula is C29H26N4O4S. The molecule has 1 N–H and O–H groups in total. The van der Waals surface area contributed by atoms with Gasteiger partial charge in [-0.05, 0) is 60.9 Å². The number of rotatable bonds is 10. The molecule has 0 spiro atoms. The molecule has 0 saturated heterocycles. The normalized spacial score (nSPS) is 10.9. The zero-order valence-corrected chi connectivity index (χ0v) is 22.0. The number of ether oxygens (including phenoxy) is 3. The van der Waals surface area contributed by atoms with Crippen LogP contribution in [0.2, 0.25) is 0 Å². The first-order chi connectivity index (χ1) is 18.5. The second-order valence-corrected chi connectivity index (χ2v) is 9.25. The first kappa shape index (κ1) is 26.4. The summed E-state index contributed by atoms with van der Waals surface area (Å²) in [4.78, 5) is 12.8. The maximum Gasteiger partial charge on any atom is 0.268 e. The van der Waals surface area contributed by atoms with Crippen LogP contribution in [0.3, 0.4) is 0 Å². The number of amides is 1. The fraction of sp³-hybridized carbons (Fsp3) is 0.172. The van der Waals surface area contributed by atoms with Crippen LogP contribution in [-0.2, 0) is 4.79 Å². The second-order valence-electron chi connectivity index (χ2n) is 8.27. The van der Waals surface area contributed by atoms with Crippen molar-refractivity contribution in [1.82, 2.24) is 10.2 Å². The fourth-order valence-corrected chi connectivity index (χ4v) is 4.41. The highest BCUT2D eigenvalue weighted by atomic mass is 32.1. The van der Waals surface area contributed by atoms with Crippen molar-refractivity contribution in [3.8, 4) is 33.9 Å². The first-order valence-corrected chi connectivity index (χ1v) is 12.6. The number of carbonyl (C=O) groups is 1. The molecule has 192 valence electrons. The number of aryl methyl sites for hydroxylation is 2. The lowest BCUT2D eigenvalue weighted by Gasteiger charge is -2.12. The van der Waals surface area contributed by atoms with Gasteiger partial charge in [0.25, 0.3) is 5.91 Å². The van der Waals surface area contributed by atoms with Gasteiger partial charge < -0.3 is 14.2 Å². The van der Waals surface area contributed by atoms with Crippen molar-refractivity contribution in [3.63, 3.8) is 0 Å². The molecule has 8 nitrogen and oxygen atoms in total. The standard InChI is InChI=1S/C29H26N4O4S/c1-19-7-6-9-23(15-19)36-13-14-37-25-12-11-21(17-26(25)35-3)16-22(18-30)27(34)31-29-33-32-28(38-29)24-10-5-4-8-20(24)2/h4-12,15-17H,13-14H2,1-3H3,(H,31,33,34)/b22-16-. The Bertz CT molecular complexity index is 1510. The average Bonchev–Trinajstić information content (AvgIpc) is 3.38. The van der Waals surface area contributed by atoms with Crippen LogP contribution in [-0.4, -0.2) is 36.4 Å². The van der Waals surface area contributed by atoms with Crippen molar-refractivity contribution >= 4 is 28.5 Å². The number of nitrogens with zero attached hydrogens (tertiary/aromatic N) is 3. The SMILES string of the molecule is COc1cc(/C=C(/C#N)C(=O)Nc2nnc(-c3ccccc3C)s2)ccc1OCCOc1cccc(C)c1. The van der Waals surface area contributed by atoms with E-state index in [4.69, 9.17) is 14.2 Å². The average molecular weight is 527 g/mol. The smallest absolute Gasteiger partial charge is 0.268 e. The molecule has 38 heavy (non-hydrogen) atoms. The van der Waals surface area contributed by atoms with Gasteiger partial charge in [-0.1, -0.05) is 53.8 Å². The summed E-state index contributed by atoms with van der Waals surface area (Å²) in [6.45, 7) is 4.67. The van der Waals surface area contributed by atoms with Crippen molar-refractivity contribution < 1.29 is 19.0 Å². The van der Waals surface area contributed by atoms with Crippen molar-refractivity contribution in [3.05, 3.63) is 89.0 Å². The lowest BCUT2D eigenvalue weighted by molar-refractivity contribution is -0.112. The van der Waals surface area contributed by atoms with Gasteiger partial charge in [0.1, 0.15) is 35.6 Å². The molecule has 1 heterocycles. The molecule has 0 bridgehead atoms. The van der Waals surface area contributed by atoms with Crippen LogP contribution >= 0.6 is 11.3 Å². The summed E-state index contributed by atoms with van der Waals surface area (Å²) in [5.41, 5.74) is 3.64. The van der Waals surface area contributed by atoms with E-state index in [1.54, 1.807) is 18.2 Å². The minimum absolute atomic E-state index is 0.0834. The van der Waals surface area contributed by atoms with E-state index in [1.807, 2.05) is 68.4 Å². The summed E-state index contributed by atoms with van der Waals surface area (Å²) in [7, 11) is 1.53. The van der Waals surface area contributed by atoms with E-state index in [0.717, 1.165) is 22.4 Å². The number of anilines is 1. The molecular weight excluding hydrogens is 500 g/mol. The predicted molar refractivity (Wildman–Crippen MR) is 147 cm³/mol. The molecule has 9 heteroatoms. The highest BCUT2D eigenvalue weighted by Crippen LogP contribution is 2.30. The Kier molecular flexibility index (Phi) is 8.69. The molecule has 0 unspecified atom stereocenters. The van der Waals surface area contributed by atoms with E-state index in [0.29, 0.717) is 40.4 Å². The molecule has 0 atom stereocenters. The highest BCUT2D eigenvalue weighted by Gasteiger charge is 2.15. The van der Waals surface area contributed by atoms with E-state index in [9.17, 15) is 10.1 Å². The molecule has 4 aromatic rings. The Hall–Kier alpha value is -4.68. The number of methoxy groups -OCH3 is 1. The van der Waals surface area contributed by atoms with E-state index < -0.39 is 5.91 Å². The summed E-state index contributed by atoms with van der Waals surface area (Å²) in [6, 6.07) is 22.7. The Morgan fingerprint density at radius 3 is 2.58 bits per heavy atom. The number of benzene rings is 3. The second kappa shape index (κ2) is 12.5. The maximum atomic E-state index is 12.8. The van der Waals surface area contributed by atoms with Crippen LogP contribution in [0.4, 0.5) is 5.13 Å². The van der Waals surface area contributed by atoms with E-state index in [2.05, 4.69) is 15.5 Å². The zero-order valence-electron chi connectivity index (χ0n) is 21.2. The van der Waals surface area contributed by atoms with E-state index >= 15 is 0 Å². The van der Waals surface area contributed by atoms with Gasteiger partial charge in [0.05, 0.1) is 7.11 Å². The summed E-state index contributed by atoms with van der Waals surface area (Å²) < 4.78 is 17.0. The third-order valence-corrected chi connectivity index (χ3v) is 6.36. The monoisotopic (exact) mass is 526 g/mol. The number of nitrogens with one attached hydrogen (secondary N) is 1. The molecule has 1 amide bonds. The Balaban J connectivity index is 1.39. The van der Waals surface area contributed by atoms with E-state index in [-0.39, 0.29) is 5.57 Å². The van der Waals surface area contributed by atoms with Crippen molar-refractivity contribution in [2.45, 2.75) is 13.8 Å². The Morgan fingerprint density at radius 2 is 1.82 bits per heavy atom. The van der Waals surface area contributed by atoms with Crippen molar-refractivity contribution in [2.24, 2.45) is 0 Å². The summed E-state index contributed by atoms with van der Waals surface area (Å²) >= 11 is 1.24. The molecule has 4 rings (SSSR count). The number of carbonyl (C=O) groups excluding carboxylic acids is 1. The number of aromatic nitrogens is 2. The zero-order chi connectivity index (χ0) is 26.9. The van der Waals surface area contributed by atoms with E-state index in [1.165, 1.54) is 24.5 Å². The van der Waals surface area contributed by atoms with Gasteiger partial charge in [0.15, 0.2) is 11.5 Å². The van der Waals surface area contributed by atoms with Gasteiger partial charge in [-0.25, -0.2) is 0 Å². The minimum atomic E-state index is -0.576. The molecule has 0 aliphatic carbocycles. The van der Waals surface area contributed by atoms with Crippen LogP contribution in [0.1, 0.15) is 16.7 Å². The van der Waals surface area contributed by atoms with Crippen molar-refractivity contribution in [1.29, 1.82) is 5.26 Å². The maximum absolute atomic E-state index is 12.8. The predicted octanol–water partition coefficient (Wildman–Crippen LogP) is 5.83. The molecule has 0 radical (unpaired) electrons. The Morgan fingerprint density at radius 1 is 1.00 bits per heavy atom. The quantitative estimate of drug-likeness (QED) is 0.157. The van der Waals surface area contributed by atoms with Gasteiger partial charge in [-0.15, -0.1) is 10.2 Å². The molecule has 1 aromatic heterocycles. The largest absolute Gasteiger partial charge is 0.493 e. The summed E-state index contributed by atoms with van der Waals surface area (Å²) in [5, 5.41) is 21.5. The van der Waals surface area contributed by atoms with Gasteiger partial charge in [0, 0.05) is 5.56 Å². The topological polar surface area (TPSA) is 106 Å². The highest BCUT2D eigenvalue weighted by molar-refractivity contribution is 7.18. The Labute approximate surface area is 225 Å². The lowest BCUT2D eigenvalue weighted by Crippen LogP contribution is -2.13. The van der Waals surface area contributed by atoms with Crippen molar-refractivity contribution in [2.75, 3.05) is 25.6 Å². The molecule has 0 fully saturated rings. The van der Waals surface area contributed by atoms with Crippen LogP contribution in [0.15, 0.2) is 72.3 Å². The number of hydrogen-bond acceptors (Lipinski definition) is 8. The molecule has 0 aliphatic heterocycles. The van der Waals surface area contributed by atoms with Gasteiger partial charge in [-0.2, -0.15) is 5.26 Å². The van der Waals surface area contributed by atoms with Gasteiger partial charge in [0.2, 0.25) is 5.13 Å². The fourth-order valence-electron chi connectivity index (χ4n) is 3.58. The lowest BCUT2D eigenvalue weighted by atomic mass is 10.1. The third kappa shape index (κ3) is 6.75. The van der Waals surface area contributed by atoms with Crippen LogP contribution < -0.4 is 19.5 Å². The minimum Gasteiger partial charge on any atom is -0.493 e. The third-order valence-electron chi connectivity index (χ3n) is 5.48. The number of nitriles is 1. The van der Waals surface area contributed by atoms with Crippen LogP contribution in [0.5, 0.6) is 17.2 Å². The molecule has 3 aromatic carbocycles. The van der Waals surface area contributed by atoms with Crippen LogP contribution in [0.25, 0.3) is 16.6 Å². The molecule has 0 aliphatic rings. The summed E-state index contributed by atoms with van der Waals surface area (Å²) in [6.07, 6.45) is 1.48. The number of hydrogen-bond donors (Lipinski definition) is 1. The molecule has 0 saturated carbocycles. The first-order valence-electron chi connectivity index (χ1n) is 11.8. The summed E-state index contributed by atoms with van der Waals surface area (Å²) in [5.74, 6) is 1.20. The van der Waals surface area contributed by atoms with Crippen LogP contribution in [0, 0.1) is 25.2 Å². The van der Waals surface area contributed by atoms with Gasteiger partial charge >= 0.3 is 0 Å². The van der Waals surface area contributed by atoms with Gasteiger partial charge in [-0.3, -0.25) is 10.1 Å².